The van der Waals surface area contributed by atoms with Crippen molar-refractivity contribution in [3.05, 3.63) is 12.3 Å². The third-order valence-electron chi connectivity index (χ3n) is 3.53. The number of esters is 1. The molecule has 78 valence electrons. The molecule has 0 atom stereocenters. The largest absolute Gasteiger partial charge is 0.466 e. The van der Waals surface area contributed by atoms with Crippen molar-refractivity contribution in [2.45, 2.75) is 38.1 Å². The first kappa shape index (κ1) is 9.56. The van der Waals surface area contributed by atoms with Crippen molar-refractivity contribution in [2.24, 2.45) is 5.41 Å². The Morgan fingerprint density at radius 2 is 2.21 bits per heavy atom. The molecule has 0 aromatic rings. The Morgan fingerprint density at radius 3 is 2.71 bits per heavy atom. The number of methoxy groups -OCH3 is 1. The third kappa shape index (κ3) is 1.76. The van der Waals surface area contributed by atoms with E-state index in [1.807, 2.05) is 0 Å². The van der Waals surface area contributed by atoms with Gasteiger partial charge in [-0.3, -0.25) is 0 Å². The minimum atomic E-state index is -0.296. The number of hydrogen-bond donors (Lipinski definition) is 1. The zero-order chi connectivity index (χ0) is 10.0. The smallest absolute Gasteiger partial charge is 0.331 e. The second kappa shape index (κ2) is 3.64. The molecular weight excluding hydrogens is 178 g/mol. The van der Waals surface area contributed by atoms with Gasteiger partial charge in [-0.25, -0.2) is 4.79 Å². The number of rotatable bonds is 3. The zero-order valence-corrected chi connectivity index (χ0v) is 8.58. The van der Waals surface area contributed by atoms with Gasteiger partial charge in [0, 0.05) is 18.3 Å². The van der Waals surface area contributed by atoms with Crippen LogP contribution in [0.25, 0.3) is 0 Å². The van der Waals surface area contributed by atoms with Crippen molar-refractivity contribution in [1.82, 2.24) is 5.32 Å². The van der Waals surface area contributed by atoms with Crippen LogP contribution < -0.4 is 5.32 Å². The minimum absolute atomic E-state index is 0.296. The summed E-state index contributed by atoms with van der Waals surface area (Å²) in [6.45, 7) is 0. The maximum absolute atomic E-state index is 10.7. The predicted octanol–water partition coefficient (Wildman–Crippen LogP) is 1.60. The molecule has 2 aliphatic carbocycles. The molecule has 1 spiro atoms. The lowest BCUT2D eigenvalue weighted by atomic mass is 9.54. The van der Waals surface area contributed by atoms with Crippen LogP contribution in [-0.4, -0.2) is 19.1 Å². The highest BCUT2D eigenvalue weighted by molar-refractivity contribution is 5.81. The molecule has 1 N–H and O–H groups in total. The summed E-state index contributed by atoms with van der Waals surface area (Å²) in [7, 11) is 1.39. The molecule has 0 aliphatic heterocycles. The van der Waals surface area contributed by atoms with Gasteiger partial charge >= 0.3 is 5.97 Å². The van der Waals surface area contributed by atoms with E-state index in [2.05, 4.69) is 10.1 Å². The molecule has 14 heavy (non-hydrogen) atoms. The molecule has 2 aliphatic rings. The molecule has 0 saturated heterocycles. The molecule has 0 unspecified atom stereocenters. The van der Waals surface area contributed by atoms with Crippen molar-refractivity contribution < 1.29 is 9.53 Å². The van der Waals surface area contributed by atoms with Gasteiger partial charge in [-0.1, -0.05) is 6.42 Å². The number of nitrogens with one attached hydrogen (secondary N) is 1. The van der Waals surface area contributed by atoms with Crippen molar-refractivity contribution >= 4 is 5.97 Å². The highest BCUT2D eigenvalue weighted by atomic mass is 16.5. The van der Waals surface area contributed by atoms with Crippen molar-refractivity contribution in [2.75, 3.05) is 7.11 Å². The number of ether oxygens (including phenoxy) is 1. The van der Waals surface area contributed by atoms with Gasteiger partial charge in [-0.15, -0.1) is 0 Å². The van der Waals surface area contributed by atoms with Gasteiger partial charge in [0.2, 0.25) is 0 Å². The summed E-state index contributed by atoms with van der Waals surface area (Å²) < 4.78 is 4.49. The molecule has 0 amide bonds. The molecule has 0 heterocycles. The summed E-state index contributed by atoms with van der Waals surface area (Å²) in [6.07, 6.45) is 9.92. The number of hydrogen-bond acceptors (Lipinski definition) is 3. The van der Waals surface area contributed by atoms with E-state index < -0.39 is 0 Å². The third-order valence-corrected chi connectivity index (χ3v) is 3.53. The Hall–Kier alpha value is -0.990. The zero-order valence-electron chi connectivity index (χ0n) is 8.58. The van der Waals surface area contributed by atoms with Crippen LogP contribution >= 0.6 is 0 Å². The summed E-state index contributed by atoms with van der Waals surface area (Å²) in [6, 6.07) is 0.580. The van der Waals surface area contributed by atoms with Crippen LogP contribution in [0.15, 0.2) is 12.3 Å². The Kier molecular flexibility index (Phi) is 2.48. The van der Waals surface area contributed by atoms with Gasteiger partial charge in [0.15, 0.2) is 0 Å². The second-order valence-electron chi connectivity index (χ2n) is 4.48. The lowest BCUT2D eigenvalue weighted by Gasteiger charge is -2.54. The highest BCUT2D eigenvalue weighted by Crippen LogP contribution is 2.55. The molecule has 3 heteroatoms. The number of carbonyl (C=O) groups is 1. The average molecular weight is 195 g/mol. The Morgan fingerprint density at radius 1 is 1.50 bits per heavy atom. The van der Waals surface area contributed by atoms with E-state index in [1.54, 1.807) is 6.20 Å². The molecule has 0 bridgehead atoms. The fourth-order valence-corrected chi connectivity index (χ4v) is 2.51. The van der Waals surface area contributed by atoms with Crippen molar-refractivity contribution in [1.29, 1.82) is 0 Å². The van der Waals surface area contributed by atoms with Crippen LogP contribution in [0.3, 0.4) is 0 Å². The molecule has 0 radical (unpaired) electrons. The molecule has 0 aromatic carbocycles. The number of carbonyl (C=O) groups excluding carboxylic acids is 1. The van der Waals surface area contributed by atoms with E-state index in [4.69, 9.17) is 0 Å². The van der Waals surface area contributed by atoms with Crippen LogP contribution in [0, 0.1) is 5.41 Å². The van der Waals surface area contributed by atoms with Gasteiger partial charge in [0.05, 0.1) is 7.11 Å². The Labute approximate surface area is 84.5 Å². The van der Waals surface area contributed by atoms with Crippen LogP contribution in [0.2, 0.25) is 0 Å². The van der Waals surface area contributed by atoms with E-state index in [1.165, 1.54) is 45.3 Å². The van der Waals surface area contributed by atoms with Gasteiger partial charge < -0.3 is 10.1 Å². The standard InChI is InChI=1S/C11H17NO2/c1-14-10(13)3-6-12-9-7-11(8-9)4-2-5-11/h3,6,9,12H,2,4-5,7-8H2,1H3/b6-3+. The topological polar surface area (TPSA) is 38.3 Å². The van der Waals surface area contributed by atoms with Gasteiger partial charge in [-0.05, 0) is 31.1 Å². The first-order valence-electron chi connectivity index (χ1n) is 5.25. The fraction of sp³-hybridized carbons (Fsp3) is 0.727. The Bertz CT molecular complexity index is 248. The summed E-state index contributed by atoms with van der Waals surface area (Å²) in [5.74, 6) is -0.296. The molecule has 0 aromatic heterocycles. The van der Waals surface area contributed by atoms with Gasteiger partial charge in [-0.2, -0.15) is 0 Å². The molecule has 2 saturated carbocycles. The second-order valence-corrected chi connectivity index (χ2v) is 4.48. The molecule has 2 rings (SSSR count). The Balaban J connectivity index is 1.64. The quantitative estimate of drug-likeness (QED) is 0.549. The lowest BCUT2D eigenvalue weighted by molar-refractivity contribution is -0.134. The van der Waals surface area contributed by atoms with Crippen molar-refractivity contribution in [3.8, 4) is 0 Å². The average Bonchev–Trinajstić information content (AvgIpc) is 2.05. The minimum Gasteiger partial charge on any atom is -0.466 e. The highest BCUT2D eigenvalue weighted by Gasteiger charge is 2.47. The van der Waals surface area contributed by atoms with Crippen LogP contribution in [0.5, 0.6) is 0 Å². The van der Waals surface area contributed by atoms with Gasteiger partial charge in [0.1, 0.15) is 0 Å². The van der Waals surface area contributed by atoms with Gasteiger partial charge in [0.25, 0.3) is 0 Å². The van der Waals surface area contributed by atoms with Crippen LogP contribution in [0.1, 0.15) is 32.1 Å². The van der Waals surface area contributed by atoms with E-state index >= 15 is 0 Å². The predicted molar refractivity (Wildman–Crippen MR) is 53.6 cm³/mol. The first-order valence-corrected chi connectivity index (χ1v) is 5.25. The normalized spacial score (nSPS) is 24.4. The summed E-state index contributed by atoms with van der Waals surface area (Å²) >= 11 is 0. The van der Waals surface area contributed by atoms with Crippen LogP contribution in [0.4, 0.5) is 0 Å². The van der Waals surface area contributed by atoms with Crippen molar-refractivity contribution in [3.63, 3.8) is 0 Å². The van der Waals surface area contributed by atoms with E-state index in [-0.39, 0.29) is 5.97 Å². The van der Waals surface area contributed by atoms with E-state index in [0.29, 0.717) is 11.5 Å². The maximum atomic E-state index is 10.7. The maximum Gasteiger partial charge on any atom is 0.331 e. The SMILES string of the molecule is COC(=O)/C=C/NC1CC2(CCC2)C1. The summed E-state index contributed by atoms with van der Waals surface area (Å²) in [5.41, 5.74) is 0.691. The van der Waals surface area contributed by atoms with E-state index in [9.17, 15) is 4.79 Å². The fourth-order valence-electron chi connectivity index (χ4n) is 2.51. The van der Waals surface area contributed by atoms with E-state index in [0.717, 1.165) is 0 Å². The molecule has 3 nitrogen and oxygen atoms in total. The lowest BCUT2D eigenvalue weighted by Crippen LogP contribution is -2.50. The molecule has 2 fully saturated rings. The first-order chi connectivity index (χ1) is 6.74. The monoisotopic (exact) mass is 195 g/mol. The summed E-state index contributed by atoms with van der Waals surface area (Å²) in [4.78, 5) is 10.7. The van der Waals surface area contributed by atoms with Crippen LogP contribution in [-0.2, 0) is 9.53 Å². The molecular formula is C11H17NO2. The summed E-state index contributed by atoms with van der Waals surface area (Å²) in [5, 5.41) is 3.23.